The Balaban J connectivity index is 2.41. The zero-order valence-electron chi connectivity index (χ0n) is 12.9. The molecular weight excluding hydrogens is 236 g/mol. The van der Waals surface area contributed by atoms with Gasteiger partial charge in [-0.05, 0) is 43.9 Å². The first-order chi connectivity index (χ1) is 9.00. The Bertz CT molecular complexity index is 286. The van der Waals surface area contributed by atoms with Gasteiger partial charge in [-0.15, -0.1) is 0 Å². The topological polar surface area (TPSA) is 26.3 Å². The van der Waals surface area contributed by atoms with Gasteiger partial charge >= 0.3 is 5.97 Å². The van der Waals surface area contributed by atoms with Crippen molar-refractivity contribution >= 4 is 5.97 Å². The second-order valence-corrected chi connectivity index (χ2v) is 6.43. The van der Waals surface area contributed by atoms with E-state index in [1.165, 1.54) is 32.1 Å². The number of ether oxygens (including phenoxy) is 1. The molecule has 1 aliphatic rings. The van der Waals surface area contributed by atoms with Gasteiger partial charge in [0.05, 0.1) is 0 Å². The van der Waals surface area contributed by atoms with Crippen LogP contribution in [0.5, 0.6) is 0 Å². The monoisotopic (exact) mass is 266 g/mol. The lowest BCUT2D eigenvalue weighted by molar-refractivity contribution is -0.145. The lowest BCUT2D eigenvalue weighted by Crippen LogP contribution is -2.22. The van der Waals surface area contributed by atoms with E-state index in [2.05, 4.69) is 27.4 Å². The van der Waals surface area contributed by atoms with Crippen molar-refractivity contribution in [2.45, 2.75) is 78.2 Å². The number of hydrogen-bond acceptors (Lipinski definition) is 2. The fourth-order valence-corrected chi connectivity index (χ4v) is 2.81. The predicted molar refractivity (Wildman–Crippen MR) is 80.0 cm³/mol. The lowest BCUT2D eigenvalue weighted by atomic mass is 9.92. The second kappa shape index (κ2) is 8.39. The molecule has 0 saturated heterocycles. The molecule has 0 N–H and O–H groups in total. The van der Waals surface area contributed by atoms with Crippen LogP contribution < -0.4 is 0 Å². The molecule has 110 valence electrons. The third-order valence-corrected chi connectivity index (χ3v) is 4.01. The second-order valence-electron chi connectivity index (χ2n) is 6.43. The van der Waals surface area contributed by atoms with E-state index in [-0.39, 0.29) is 18.0 Å². The van der Waals surface area contributed by atoms with E-state index in [1.54, 1.807) is 0 Å². The third kappa shape index (κ3) is 6.26. The van der Waals surface area contributed by atoms with Crippen molar-refractivity contribution in [3.63, 3.8) is 0 Å². The highest BCUT2D eigenvalue weighted by molar-refractivity contribution is 5.88. The van der Waals surface area contributed by atoms with Gasteiger partial charge in [-0.2, -0.15) is 0 Å². The van der Waals surface area contributed by atoms with Crippen LogP contribution in [0.3, 0.4) is 0 Å². The summed E-state index contributed by atoms with van der Waals surface area (Å²) in [7, 11) is 0. The Hall–Kier alpha value is -0.790. The van der Waals surface area contributed by atoms with Crippen LogP contribution in [0.25, 0.3) is 0 Å². The molecule has 1 atom stereocenters. The number of carbonyl (C=O) groups is 1. The minimum atomic E-state index is -0.168. The molecule has 2 heteroatoms. The Morgan fingerprint density at radius 2 is 1.63 bits per heavy atom. The maximum Gasteiger partial charge on any atom is 0.333 e. The van der Waals surface area contributed by atoms with E-state index in [9.17, 15) is 4.79 Å². The van der Waals surface area contributed by atoms with Gasteiger partial charge in [0.15, 0.2) is 0 Å². The van der Waals surface area contributed by atoms with Crippen LogP contribution in [0.4, 0.5) is 0 Å². The summed E-state index contributed by atoms with van der Waals surface area (Å²) in [6.45, 7) is 10.4. The number of esters is 1. The number of rotatable bonds is 5. The Morgan fingerprint density at radius 1 is 1.11 bits per heavy atom. The Kier molecular flexibility index (Phi) is 7.19. The van der Waals surface area contributed by atoms with Crippen molar-refractivity contribution < 1.29 is 9.53 Å². The first-order valence-corrected chi connectivity index (χ1v) is 7.90. The van der Waals surface area contributed by atoms with Gasteiger partial charge in [0, 0.05) is 5.57 Å². The van der Waals surface area contributed by atoms with Crippen molar-refractivity contribution in [1.29, 1.82) is 0 Å². The van der Waals surface area contributed by atoms with Crippen LogP contribution in [0, 0.1) is 11.8 Å². The molecule has 0 aromatic carbocycles. The van der Waals surface area contributed by atoms with Gasteiger partial charge in [0.25, 0.3) is 0 Å². The summed E-state index contributed by atoms with van der Waals surface area (Å²) in [5.41, 5.74) is 0.649. The summed E-state index contributed by atoms with van der Waals surface area (Å²) < 4.78 is 5.65. The van der Waals surface area contributed by atoms with E-state index in [0.29, 0.717) is 11.5 Å². The van der Waals surface area contributed by atoms with E-state index < -0.39 is 0 Å². The molecule has 2 nitrogen and oxygen atoms in total. The fourth-order valence-electron chi connectivity index (χ4n) is 2.81. The smallest absolute Gasteiger partial charge is 0.333 e. The van der Waals surface area contributed by atoms with Crippen molar-refractivity contribution in [3.05, 3.63) is 12.2 Å². The zero-order valence-corrected chi connectivity index (χ0v) is 12.9. The van der Waals surface area contributed by atoms with E-state index in [0.717, 1.165) is 19.3 Å². The standard InChI is InChI=1S/C17H30O2/c1-13(2)12-14(3)15(4)17(18)19-16-10-8-6-5-7-9-11-16/h13-14,16H,4-12H2,1-3H3. The molecule has 0 aromatic rings. The van der Waals surface area contributed by atoms with Crippen LogP contribution in [0.15, 0.2) is 12.2 Å². The van der Waals surface area contributed by atoms with E-state index >= 15 is 0 Å². The van der Waals surface area contributed by atoms with Gasteiger partial charge in [-0.1, -0.05) is 46.6 Å². The molecule has 0 amide bonds. The summed E-state index contributed by atoms with van der Waals surface area (Å²) in [4.78, 5) is 12.1. The number of carbonyl (C=O) groups excluding carboxylic acids is 1. The summed E-state index contributed by atoms with van der Waals surface area (Å²) in [6, 6.07) is 0. The van der Waals surface area contributed by atoms with Gasteiger partial charge < -0.3 is 4.74 Å². The average molecular weight is 266 g/mol. The van der Waals surface area contributed by atoms with Crippen LogP contribution in [0.1, 0.15) is 72.1 Å². The summed E-state index contributed by atoms with van der Waals surface area (Å²) >= 11 is 0. The molecule has 1 saturated carbocycles. The molecule has 1 aliphatic carbocycles. The van der Waals surface area contributed by atoms with Gasteiger partial charge in [0.1, 0.15) is 6.10 Å². The average Bonchev–Trinajstić information content (AvgIpc) is 2.30. The molecule has 0 heterocycles. The normalized spacial score (nSPS) is 19.6. The lowest BCUT2D eigenvalue weighted by Gasteiger charge is -2.22. The summed E-state index contributed by atoms with van der Waals surface area (Å²) in [5.74, 6) is 0.640. The quantitative estimate of drug-likeness (QED) is 0.523. The van der Waals surface area contributed by atoms with Gasteiger partial charge in [-0.3, -0.25) is 0 Å². The van der Waals surface area contributed by atoms with Crippen LogP contribution in [0.2, 0.25) is 0 Å². The molecule has 0 aliphatic heterocycles. The van der Waals surface area contributed by atoms with Crippen LogP contribution in [-0.2, 0) is 9.53 Å². The molecule has 0 bridgehead atoms. The minimum absolute atomic E-state index is 0.121. The first kappa shape index (κ1) is 16.3. The molecule has 1 unspecified atom stereocenters. The predicted octanol–water partition coefficient (Wildman–Crippen LogP) is 4.88. The largest absolute Gasteiger partial charge is 0.459 e. The highest BCUT2D eigenvalue weighted by Gasteiger charge is 2.21. The fraction of sp³-hybridized carbons (Fsp3) is 0.824. The van der Waals surface area contributed by atoms with Crippen molar-refractivity contribution in [1.82, 2.24) is 0 Å². The molecule has 19 heavy (non-hydrogen) atoms. The van der Waals surface area contributed by atoms with E-state index in [4.69, 9.17) is 4.74 Å². The molecule has 0 radical (unpaired) electrons. The highest BCUT2D eigenvalue weighted by Crippen LogP contribution is 2.23. The zero-order chi connectivity index (χ0) is 14.3. The molecule has 1 fully saturated rings. The van der Waals surface area contributed by atoms with Crippen molar-refractivity contribution in [3.8, 4) is 0 Å². The van der Waals surface area contributed by atoms with Crippen molar-refractivity contribution in [2.75, 3.05) is 0 Å². The molecule has 1 rings (SSSR count). The summed E-state index contributed by atoms with van der Waals surface area (Å²) in [6.07, 6.45) is 9.43. The van der Waals surface area contributed by atoms with Gasteiger partial charge in [-0.25, -0.2) is 4.79 Å². The first-order valence-electron chi connectivity index (χ1n) is 7.90. The Morgan fingerprint density at radius 3 is 2.16 bits per heavy atom. The van der Waals surface area contributed by atoms with E-state index in [1.807, 2.05) is 0 Å². The number of hydrogen-bond donors (Lipinski definition) is 0. The SMILES string of the molecule is C=C(C(=O)OC1CCCCCCC1)C(C)CC(C)C. The maximum atomic E-state index is 12.1. The summed E-state index contributed by atoms with van der Waals surface area (Å²) in [5, 5.41) is 0. The Labute approximate surface area is 118 Å². The van der Waals surface area contributed by atoms with Crippen LogP contribution in [-0.4, -0.2) is 12.1 Å². The minimum Gasteiger partial charge on any atom is -0.459 e. The maximum absolute atomic E-state index is 12.1. The van der Waals surface area contributed by atoms with Crippen molar-refractivity contribution in [2.24, 2.45) is 11.8 Å². The van der Waals surface area contributed by atoms with Gasteiger partial charge in [0.2, 0.25) is 0 Å². The third-order valence-electron chi connectivity index (χ3n) is 4.01. The molecular formula is C17H30O2. The molecule has 0 spiro atoms. The molecule has 0 aromatic heterocycles. The highest BCUT2D eigenvalue weighted by atomic mass is 16.5. The van der Waals surface area contributed by atoms with Crippen LogP contribution >= 0.6 is 0 Å².